The van der Waals surface area contributed by atoms with Crippen LogP contribution < -0.4 is 0 Å². The fraction of sp³-hybridized carbons (Fsp3) is 0.611. The fourth-order valence-corrected chi connectivity index (χ4v) is 4.62. The molecule has 20 heavy (non-hydrogen) atoms. The lowest BCUT2D eigenvalue weighted by molar-refractivity contribution is -0.127. The summed E-state index contributed by atoms with van der Waals surface area (Å²) in [5.74, 6) is 2.32. The molecule has 0 spiro atoms. The van der Waals surface area contributed by atoms with Gasteiger partial charge >= 0.3 is 0 Å². The molecular formula is C18H22O2. The molecule has 106 valence electrons. The molecule has 4 unspecified atom stereocenters. The van der Waals surface area contributed by atoms with E-state index in [4.69, 9.17) is 4.74 Å². The van der Waals surface area contributed by atoms with Gasteiger partial charge in [-0.2, -0.15) is 0 Å². The lowest BCUT2D eigenvalue weighted by Crippen LogP contribution is -2.25. The summed E-state index contributed by atoms with van der Waals surface area (Å²) in [6, 6.07) is 8.45. The maximum Gasteiger partial charge on any atom is 0.139 e. The first kappa shape index (κ1) is 12.6. The Morgan fingerprint density at radius 2 is 2.10 bits per heavy atom. The third-order valence-electron chi connectivity index (χ3n) is 5.63. The van der Waals surface area contributed by atoms with E-state index < -0.39 is 0 Å². The van der Waals surface area contributed by atoms with Gasteiger partial charge in [0, 0.05) is 12.3 Å². The van der Waals surface area contributed by atoms with Crippen LogP contribution >= 0.6 is 0 Å². The number of ether oxygens (including phenoxy) is 1. The number of benzene rings is 1. The summed E-state index contributed by atoms with van der Waals surface area (Å²) < 4.78 is 5.89. The molecule has 2 saturated carbocycles. The van der Waals surface area contributed by atoms with Crippen molar-refractivity contribution < 1.29 is 9.53 Å². The van der Waals surface area contributed by atoms with Gasteiger partial charge < -0.3 is 4.74 Å². The Hall–Kier alpha value is -1.15. The summed E-state index contributed by atoms with van der Waals surface area (Å²) in [5.41, 5.74) is 2.61. The van der Waals surface area contributed by atoms with Crippen LogP contribution in [0, 0.1) is 17.8 Å². The van der Waals surface area contributed by atoms with Gasteiger partial charge in [0.25, 0.3) is 0 Å². The Labute approximate surface area is 120 Å². The van der Waals surface area contributed by atoms with Gasteiger partial charge in [0.05, 0.1) is 12.7 Å². The van der Waals surface area contributed by atoms with Gasteiger partial charge in [0.2, 0.25) is 0 Å². The molecule has 2 nitrogen and oxygen atoms in total. The van der Waals surface area contributed by atoms with Crippen LogP contribution in [0.15, 0.2) is 24.3 Å². The molecule has 0 saturated heterocycles. The quantitative estimate of drug-likeness (QED) is 0.837. The highest BCUT2D eigenvalue weighted by Gasteiger charge is 2.43. The zero-order valence-electron chi connectivity index (χ0n) is 11.9. The lowest BCUT2D eigenvalue weighted by Gasteiger charge is -2.28. The van der Waals surface area contributed by atoms with E-state index in [2.05, 4.69) is 24.3 Å². The highest BCUT2D eigenvalue weighted by molar-refractivity contribution is 5.82. The third kappa shape index (κ3) is 2.10. The van der Waals surface area contributed by atoms with Gasteiger partial charge in [-0.25, -0.2) is 0 Å². The Balaban J connectivity index is 1.48. The van der Waals surface area contributed by atoms with Crippen LogP contribution in [0.3, 0.4) is 0 Å². The third-order valence-corrected chi connectivity index (χ3v) is 5.63. The summed E-state index contributed by atoms with van der Waals surface area (Å²) in [6.07, 6.45) is 6.67. The van der Waals surface area contributed by atoms with Crippen molar-refractivity contribution in [2.24, 2.45) is 17.8 Å². The second kappa shape index (κ2) is 5.00. The number of rotatable bonds is 3. The number of carbonyl (C=O) groups is 1. The van der Waals surface area contributed by atoms with Crippen LogP contribution in [0.2, 0.25) is 0 Å². The number of hydrogen-bond donors (Lipinski definition) is 0. The van der Waals surface area contributed by atoms with Crippen molar-refractivity contribution >= 4 is 5.78 Å². The fourth-order valence-electron chi connectivity index (χ4n) is 4.62. The van der Waals surface area contributed by atoms with Crippen LogP contribution in [0.1, 0.15) is 49.3 Å². The van der Waals surface area contributed by atoms with Crippen molar-refractivity contribution in [3.63, 3.8) is 0 Å². The molecule has 2 bridgehead atoms. The first-order valence-electron chi connectivity index (χ1n) is 8.03. The van der Waals surface area contributed by atoms with Crippen molar-refractivity contribution in [3.8, 4) is 0 Å². The van der Waals surface area contributed by atoms with E-state index in [-0.39, 0.29) is 6.10 Å². The van der Waals surface area contributed by atoms with Crippen molar-refractivity contribution in [2.75, 3.05) is 6.61 Å². The molecule has 2 fully saturated rings. The number of carbonyl (C=O) groups excluding carboxylic acids is 1. The molecule has 1 heterocycles. The molecule has 0 amide bonds. The topological polar surface area (TPSA) is 26.3 Å². The maximum atomic E-state index is 12.6. The summed E-state index contributed by atoms with van der Waals surface area (Å²) >= 11 is 0. The molecule has 1 aromatic rings. The second-order valence-corrected chi connectivity index (χ2v) is 6.76. The van der Waals surface area contributed by atoms with E-state index in [1.165, 1.54) is 30.4 Å². The molecule has 4 atom stereocenters. The summed E-state index contributed by atoms with van der Waals surface area (Å²) in [5, 5.41) is 0. The molecular weight excluding hydrogens is 248 g/mol. The predicted octanol–water partition coefficient (Wildman–Crippen LogP) is 3.70. The number of ketones is 1. The summed E-state index contributed by atoms with van der Waals surface area (Å²) in [4.78, 5) is 12.6. The van der Waals surface area contributed by atoms with Crippen LogP contribution in [0.25, 0.3) is 0 Å². The van der Waals surface area contributed by atoms with E-state index in [0.29, 0.717) is 24.0 Å². The summed E-state index contributed by atoms with van der Waals surface area (Å²) in [7, 11) is 0. The van der Waals surface area contributed by atoms with Crippen LogP contribution in [0.4, 0.5) is 0 Å². The second-order valence-electron chi connectivity index (χ2n) is 6.76. The minimum atomic E-state index is 0.00609. The Kier molecular flexibility index (Phi) is 3.14. The standard InChI is InChI=1S/C18H22O2/c19-17(16-10-12-5-6-14(16)9-12)11-18-15-4-2-1-3-13(15)7-8-20-18/h1-4,12,14,16,18H,5-11H2. The first-order chi connectivity index (χ1) is 9.81. The highest BCUT2D eigenvalue weighted by Crippen LogP contribution is 2.49. The maximum absolute atomic E-state index is 12.6. The van der Waals surface area contributed by atoms with Gasteiger partial charge in [0.15, 0.2) is 0 Å². The monoisotopic (exact) mass is 270 g/mol. The van der Waals surface area contributed by atoms with Crippen molar-refractivity contribution in [3.05, 3.63) is 35.4 Å². The first-order valence-corrected chi connectivity index (χ1v) is 8.03. The average molecular weight is 270 g/mol. The van der Waals surface area contributed by atoms with Gasteiger partial charge in [-0.3, -0.25) is 4.79 Å². The van der Waals surface area contributed by atoms with Gasteiger partial charge in [0.1, 0.15) is 5.78 Å². The van der Waals surface area contributed by atoms with E-state index in [0.717, 1.165) is 25.4 Å². The predicted molar refractivity (Wildman–Crippen MR) is 77.4 cm³/mol. The van der Waals surface area contributed by atoms with E-state index in [9.17, 15) is 4.79 Å². The largest absolute Gasteiger partial charge is 0.373 e. The summed E-state index contributed by atoms with van der Waals surface area (Å²) in [6.45, 7) is 0.756. The molecule has 2 heteroatoms. The Morgan fingerprint density at radius 3 is 2.90 bits per heavy atom. The Bertz CT molecular complexity index is 522. The molecule has 1 aromatic carbocycles. The minimum Gasteiger partial charge on any atom is -0.373 e. The van der Waals surface area contributed by atoms with E-state index in [1.54, 1.807) is 0 Å². The molecule has 4 rings (SSSR count). The van der Waals surface area contributed by atoms with Crippen LogP contribution in [-0.4, -0.2) is 12.4 Å². The molecule has 2 aliphatic carbocycles. The van der Waals surface area contributed by atoms with E-state index >= 15 is 0 Å². The van der Waals surface area contributed by atoms with Gasteiger partial charge in [-0.15, -0.1) is 0 Å². The minimum absolute atomic E-state index is 0.00609. The van der Waals surface area contributed by atoms with Crippen molar-refractivity contribution in [1.82, 2.24) is 0 Å². The normalized spacial score (nSPS) is 35.0. The zero-order valence-corrected chi connectivity index (χ0v) is 11.9. The van der Waals surface area contributed by atoms with Crippen molar-refractivity contribution in [2.45, 2.75) is 44.6 Å². The smallest absolute Gasteiger partial charge is 0.139 e. The number of Topliss-reactive ketones (excluding diaryl/α,β-unsaturated/α-hetero) is 1. The van der Waals surface area contributed by atoms with Crippen LogP contribution in [-0.2, 0) is 16.0 Å². The average Bonchev–Trinajstić information content (AvgIpc) is 3.10. The highest BCUT2D eigenvalue weighted by atomic mass is 16.5. The lowest BCUT2D eigenvalue weighted by atomic mass is 9.82. The molecule has 0 radical (unpaired) electrons. The van der Waals surface area contributed by atoms with E-state index in [1.807, 2.05) is 0 Å². The zero-order chi connectivity index (χ0) is 13.5. The SMILES string of the molecule is O=C(CC1OCCc2ccccc21)C1CC2CCC1C2. The molecule has 0 N–H and O–H groups in total. The Morgan fingerprint density at radius 1 is 1.20 bits per heavy atom. The van der Waals surface area contributed by atoms with Crippen LogP contribution in [0.5, 0.6) is 0 Å². The molecule has 1 aliphatic heterocycles. The van der Waals surface area contributed by atoms with Crippen molar-refractivity contribution in [1.29, 1.82) is 0 Å². The number of hydrogen-bond acceptors (Lipinski definition) is 2. The molecule has 0 aromatic heterocycles. The van der Waals surface area contributed by atoms with Gasteiger partial charge in [-0.1, -0.05) is 30.7 Å². The molecule has 3 aliphatic rings. The van der Waals surface area contributed by atoms with Gasteiger partial charge in [-0.05, 0) is 48.6 Å². The number of fused-ring (bicyclic) bond motifs is 3.